The van der Waals surface area contributed by atoms with Crippen LogP contribution >= 0.6 is 11.6 Å². The van der Waals surface area contributed by atoms with Crippen LogP contribution in [0.3, 0.4) is 0 Å². The summed E-state index contributed by atoms with van der Waals surface area (Å²) in [5.41, 5.74) is 5.39. The number of aryl methyl sites for hydroxylation is 1. The van der Waals surface area contributed by atoms with E-state index in [0.29, 0.717) is 0 Å². The topological polar surface area (TPSA) is 21.1 Å². The van der Waals surface area contributed by atoms with Crippen molar-refractivity contribution in [2.75, 3.05) is 25.5 Å². The summed E-state index contributed by atoms with van der Waals surface area (Å²) < 4.78 is 1.93. The third kappa shape index (κ3) is 2.74. The summed E-state index contributed by atoms with van der Waals surface area (Å²) in [6.07, 6.45) is 4.08. The van der Waals surface area contributed by atoms with Gasteiger partial charge in [0.25, 0.3) is 0 Å². The summed E-state index contributed by atoms with van der Waals surface area (Å²) >= 11 is 5.86. The van der Waals surface area contributed by atoms with Gasteiger partial charge in [-0.05, 0) is 36.1 Å². The van der Waals surface area contributed by atoms with E-state index in [1.165, 1.54) is 22.4 Å². The molecule has 0 saturated heterocycles. The summed E-state index contributed by atoms with van der Waals surface area (Å²) in [5.74, 6) is 0.719. The van der Waals surface area contributed by atoms with Gasteiger partial charge in [0.2, 0.25) is 0 Å². The molecule has 3 nitrogen and oxygen atoms in total. The molecule has 0 spiro atoms. The summed E-state index contributed by atoms with van der Waals surface area (Å²) in [6.45, 7) is 3.21. The van der Waals surface area contributed by atoms with Gasteiger partial charge in [0.15, 0.2) is 0 Å². The Labute approximate surface area is 125 Å². The highest BCUT2D eigenvalue weighted by atomic mass is 35.5. The molecule has 106 valence electrons. The van der Waals surface area contributed by atoms with Crippen molar-refractivity contribution in [2.24, 2.45) is 7.05 Å². The molecule has 3 rings (SSSR count). The van der Waals surface area contributed by atoms with Crippen molar-refractivity contribution >= 4 is 11.6 Å². The van der Waals surface area contributed by atoms with Crippen LogP contribution < -0.4 is 0 Å². The standard InChI is InChI=1S/C16H20ClN3/c1-19-16(4-8-18-19)15-3-2-13-5-9-20(11-7-17)10-6-14(13)12-15/h2-4,8,12H,5-7,9-11H2,1H3. The molecule has 0 fully saturated rings. The molecule has 0 atom stereocenters. The minimum absolute atomic E-state index is 0.719. The number of rotatable bonds is 3. The van der Waals surface area contributed by atoms with Crippen LogP contribution in [-0.2, 0) is 19.9 Å². The number of alkyl halides is 1. The largest absolute Gasteiger partial charge is 0.301 e. The van der Waals surface area contributed by atoms with Crippen molar-refractivity contribution in [3.8, 4) is 11.3 Å². The van der Waals surface area contributed by atoms with Crippen LogP contribution in [0.4, 0.5) is 0 Å². The zero-order chi connectivity index (χ0) is 13.9. The molecule has 0 unspecified atom stereocenters. The predicted molar refractivity (Wildman–Crippen MR) is 83.2 cm³/mol. The number of halogens is 1. The van der Waals surface area contributed by atoms with E-state index in [-0.39, 0.29) is 0 Å². The first-order chi connectivity index (χ1) is 9.78. The van der Waals surface area contributed by atoms with Crippen LogP contribution in [0.1, 0.15) is 11.1 Å². The predicted octanol–water partition coefficient (Wildman–Crippen LogP) is 2.73. The maximum atomic E-state index is 5.86. The highest BCUT2D eigenvalue weighted by molar-refractivity contribution is 6.18. The smallest absolute Gasteiger partial charge is 0.0678 e. The Bertz CT molecular complexity index is 591. The van der Waals surface area contributed by atoms with Gasteiger partial charge >= 0.3 is 0 Å². The van der Waals surface area contributed by atoms with Crippen molar-refractivity contribution in [3.63, 3.8) is 0 Å². The number of nitrogens with zero attached hydrogens (tertiary/aromatic N) is 3. The Morgan fingerprint density at radius 2 is 1.95 bits per heavy atom. The molecule has 1 aliphatic heterocycles. The first-order valence-corrected chi connectivity index (χ1v) is 7.70. The Hall–Kier alpha value is -1.32. The number of fused-ring (bicyclic) bond motifs is 1. The maximum absolute atomic E-state index is 5.86. The van der Waals surface area contributed by atoms with Crippen LogP contribution in [0.5, 0.6) is 0 Å². The molecule has 2 aromatic rings. The average Bonchev–Trinajstić information content (AvgIpc) is 2.78. The van der Waals surface area contributed by atoms with Gasteiger partial charge in [-0.15, -0.1) is 11.6 Å². The van der Waals surface area contributed by atoms with Gasteiger partial charge in [0.1, 0.15) is 0 Å². The lowest BCUT2D eigenvalue weighted by atomic mass is 9.99. The second-order valence-electron chi connectivity index (χ2n) is 5.35. The third-order valence-corrected chi connectivity index (χ3v) is 4.29. The van der Waals surface area contributed by atoms with E-state index in [1.807, 2.05) is 17.9 Å². The molecule has 0 radical (unpaired) electrons. The second kappa shape index (κ2) is 5.98. The fourth-order valence-electron chi connectivity index (χ4n) is 2.93. The third-order valence-electron chi connectivity index (χ3n) is 4.12. The van der Waals surface area contributed by atoms with Crippen molar-refractivity contribution in [3.05, 3.63) is 41.6 Å². The van der Waals surface area contributed by atoms with E-state index >= 15 is 0 Å². The monoisotopic (exact) mass is 289 g/mol. The number of hydrogen-bond acceptors (Lipinski definition) is 2. The van der Waals surface area contributed by atoms with Crippen molar-refractivity contribution < 1.29 is 0 Å². The van der Waals surface area contributed by atoms with Gasteiger partial charge in [-0.1, -0.05) is 12.1 Å². The molecule has 0 aliphatic carbocycles. The molecule has 0 saturated carbocycles. The van der Waals surface area contributed by atoms with Crippen LogP contribution in [0.15, 0.2) is 30.5 Å². The van der Waals surface area contributed by atoms with E-state index in [1.54, 1.807) is 0 Å². The van der Waals surface area contributed by atoms with Gasteiger partial charge in [-0.2, -0.15) is 5.10 Å². The quantitative estimate of drug-likeness (QED) is 0.810. The molecule has 2 heterocycles. The molecule has 1 aromatic heterocycles. The average molecular weight is 290 g/mol. The first kappa shape index (κ1) is 13.7. The summed E-state index contributed by atoms with van der Waals surface area (Å²) in [5, 5.41) is 4.25. The molecule has 0 bridgehead atoms. The number of hydrogen-bond donors (Lipinski definition) is 0. The summed E-state index contributed by atoms with van der Waals surface area (Å²) in [6, 6.07) is 8.89. The van der Waals surface area contributed by atoms with Crippen LogP contribution in [-0.4, -0.2) is 40.2 Å². The van der Waals surface area contributed by atoms with Crippen molar-refractivity contribution in [1.82, 2.24) is 14.7 Å². The second-order valence-corrected chi connectivity index (χ2v) is 5.73. The molecule has 0 N–H and O–H groups in total. The van der Waals surface area contributed by atoms with Gasteiger partial charge in [0.05, 0.1) is 5.69 Å². The van der Waals surface area contributed by atoms with Crippen LogP contribution in [0.25, 0.3) is 11.3 Å². The maximum Gasteiger partial charge on any atom is 0.0678 e. The normalized spacial score (nSPS) is 15.9. The zero-order valence-corrected chi connectivity index (χ0v) is 12.6. The molecular formula is C16H20ClN3. The summed E-state index contributed by atoms with van der Waals surface area (Å²) in [7, 11) is 1.99. The van der Waals surface area contributed by atoms with E-state index in [4.69, 9.17) is 11.6 Å². The highest BCUT2D eigenvalue weighted by Gasteiger charge is 2.14. The molecule has 0 amide bonds. The van der Waals surface area contributed by atoms with E-state index < -0.39 is 0 Å². The van der Waals surface area contributed by atoms with Crippen LogP contribution in [0, 0.1) is 0 Å². The Morgan fingerprint density at radius 3 is 2.65 bits per heavy atom. The highest BCUT2D eigenvalue weighted by Crippen LogP contribution is 2.24. The van der Waals surface area contributed by atoms with Gasteiger partial charge in [-0.3, -0.25) is 4.68 Å². The Balaban J connectivity index is 1.86. The fraction of sp³-hybridized carbons (Fsp3) is 0.438. The van der Waals surface area contributed by atoms with Crippen molar-refractivity contribution in [2.45, 2.75) is 12.8 Å². The summed E-state index contributed by atoms with van der Waals surface area (Å²) in [4.78, 5) is 2.46. The minimum atomic E-state index is 0.719. The molecule has 4 heteroatoms. The first-order valence-electron chi connectivity index (χ1n) is 7.16. The zero-order valence-electron chi connectivity index (χ0n) is 11.8. The molecule has 20 heavy (non-hydrogen) atoms. The van der Waals surface area contributed by atoms with E-state index in [9.17, 15) is 0 Å². The number of benzene rings is 1. The van der Waals surface area contributed by atoms with Gasteiger partial charge in [-0.25, -0.2) is 0 Å². The van der Waals surface area contributed by atoms with E-state index in [0.717, 1.165) is 38.4 Å². The van der Waals surface area contributed by atoms with Crippen LogP contribution in [0.2, 0.25) is 0 Å². The SMILES string of the molecule is Cn1nccc1-c1ccc2c(c1)CCN(CCCl)CC2. The molecule has 1 aromatic carbocycles. The lowest BCUT2D eigenvalue weighted by Crippen LogP contribution is -2.28. The van der Waals surface area contributed by atoms with E-state index in [2.05, 4.69) is 34.3 Å². The minimum Gasteiger partial charge on any atom is -0.301 e. The lowest BCUT2D eigenvalue weighted by molar-refractivity contribution is 0.305. The lowest BCUT2D eigenvalue weighted by Gasteiger charge is -2.17. The molecular weight excluding hydrogens is 270 g/mol. The number of aromatic nitrogens is 2. The Morgan fingerprint density at radius 1 is 1.15 bits per heavy atom. The van der Waals surface area contributed by atoms with Gasteiger partial charge < -0.3 is 4.90 Å². The fourth-order valence-corrected chi connectivity index (χ4v) is 3.17. The van der Waals surface area contributed by atoms with Gasteiger partial charge in [0, 0.05) is 44.3 Å². The molecule has 1 aliphatic rings. The van der Waals surface area contributed by atoms with Crippen molar-refractivity contribution in [1.29, 1.82) is 0 Å². The Kier molecular flexibility index (Phi) is 4.08.